The fourth-order valence-corrected chi connectivity index (χ4v) is 1.98. The maximum absolute atomic E-state index is 13.2. The van der Waals surface area contributed by atoms with Crippen LogP contribution in [-0.2, 0) is 6.61 Å². The van der Waals surface area contributed by atoms with Gasteiger partial charge in [0.2, 0.25) is 0 Å². The molecular formula is C15H14BrFO2. The third kappa shape index (κ3) is 3.78. The lowest BCUT2D eigenvalue weighted by atomic mass is 10.1. The van der Waals surface area contributed by atoms with Crippen molar-refractivity contribution in [3.05, 3.63) is 63.9 Å². The molecule has 0 saturated carbocycles. The SMILES string of the molecule is C[C@@H](O)c1ccc(F)cc1OCc1ccc(Br)cc1. The van der Waals surface area contributed by atoms with E-state index in [2.05, 4.69) is 15.9 Å². The number of ether oxygens (including phenoxy) is 1. The first kappa shape index (κ1) is 14.0. The maximum atomic E-state index is 13.2. The topological polar surface area (TPSA) is 29.5 Å². The fraction of sp³-hybridized carbons (Fsp3) is 0.200. The summed E-state index contributed by atoms with van der Waals surface area (Å²) < 4.78 is 19.8. The summed E-state index contributed by atoms with van der Waals surface area (Å²) in [6.07, 6.45) is -0.694. The predicted octanol–water partition coefficient (Wildman–Crippen LogP) is 4.22. The van der Waals surface area contributed by atoms with Crippen LogP contribution in [0.5, 0.6) is 5.75 Å². The molecule has 2 aromatic carbocycles. The normalized spacial score (nSPS) is 12.2. The summed E-state index contributed by atoms with van der Waals surface area (Å²) in [6.45, 7) is 1.95. The molecule has 0 saturated heterocycles. The number of benzene rings is 2. The molecule has 2 rings (SSSR count). The standard InChI is InChI=1S/C15H14BrFO2/c1-10(18)14-7-6-13(17)8-15(14)19-9-11-2-4-12(16)5-3-11/h2-8,10,18H,9H2,1H3/t10-/m1/s1. The van der Waals surface area contributed by atoms with E-state index in [1.165, 1.54) is 18.2 Å². The second-order valence-electron chi connectivity index (χ2n) is 4.27. The molecule has 2 aromatic rings. The van der Waals surface area contributed by atoms with Crippen LogP contribution in [0.1, 0.15) is 24.2 Å². The fourth-order valence-electron chi connectivity index (χ4n) is 1.72. The summed E-state index contributed by atoms with van der Waals surface area (Å²) in [4.78, 5) is 0. The Kier molecular flexibility index (Phi) is 4.56. The van der Waals surface area contributed by atoms with Gasteiger partial charge in [0.15, 0.2) is 0 Å². The van der Waals surface area contributed by atoms with Gasteiger partial charge in [0.25, 0.3) is 0 Å². The Morgan fingerprint density at radius 3 is 2.53 bits per heavy atom. The van der Waals surface area contributed by atoms with Crippen LogP contribution in [0.25, 0.3) is 0 Å². The summed E-state index contributed by atoms with van der Waals surface area (Å²) in [7, 11) is 0. The van der Waals surface area contributed by atoms with Gasteiger partial charge in [0, 0.05) is 16.1 Å². The minimum absolute atomic E-state index is 0.330. The molecule has 19 heavy (non-hydrogen) atoms. The van der Waals surface area contributed by atoms with Crippen molar-refractivity contribution in [3.8, 4) is 5.75 Å². The van der Waals surface area contributed by atoms with E-state index >= 15 is 0 Å². The summed E-state index contributed by atoms with van der Waals surface area (Å²) >= 11 is 3.36. The highest BCUT2D eigenvalue weighted by molar-refractivity contribution is 9.10. The molecule has 1 atom stereocenters. The smallest absolute Gasteiger partial charge is 0.128 e. The van der Waals surface area contributed by atoms with Crippen molar-refractivity contribution < 1.29 is 14.2 Å². The molecule has 4 heteroatoms. The Hall–Kier alpha value is -1.39. The first-order valence-corrected chi connectivity index (χ1v) is 6.70. The molecular weight excluding hydrogens is 311 g/mol. The van der Waals surface area contributed by atoms with Gasteiger partial charge in [0.1, 0.15) is 18.2 Å². The first-order chi connectivity index (χ1) is 9.06. The molecule has 0 radical (unpaired) electrons. The number of rotatable bonds is 4. The van der Waals surface area contributed by atoms with Gasteiger partial charge in [-0.05, 0) is 36.8 Å². The molecule has 0 aromatic heterocycles. The molecule has 0 spiro atoms. The minimum Gasteiger partial charge on any atom is -0.488 e. The molecule has 0 unspecified atom stereocenters. The van der Waals surface area contributed by atoms with Crippen molar-refractivity contribution in [1.29, 1.82) is 0 Å². The second kappa shape index (κ2) is 6.17. The largest absolute Gasteiger partial charge is 0.488 e. The lowest BCUT2D eigenvalue weighted by Crippen LogP contribution is -2.01. The van der Waals surface area contributed by atoms with E-state index in [1.54, 1.807) is 6.92 Å². The van der Waals surface area contributed by atoms with Crippen LogP contribution in [0.4, 0.5) is 4.39 Å². The van der Waals surface area contributed by atoms with Gasteiger partial charge in [-0.1, -0.05) is 28.1 Å². The number of aliphatic hydroxyl groups is 1. The van der Waals surface area contributed by atoms with Gasteiger partial charge in [-0.2, -0.15) is 0 Å². The van der Waals surface area contributed by atoms with Crippen molar-refractivity contribution in [2.24, 2.45) is 0 Å². The summed E-state index contributed by atoms with van der Waals surface area (Å²) in [5.41, 5.74) is 1.56. The van der Waals surface area contributed by atoms with E-state index < -0.39 is 6.10 Å². The number of hydrogen-bond donors (Lipinski definition) is 1. The molecule has 0 aliphatic rings. The van der Waals surface area contributed by atoms with Gasteiger partial charge < -0.3 is 9.84 Å². The van der Waals surface area contributed by atoms with Crippen LogP contribution >= 0.6 is 15.9 Å². The maximum Gasteiger partial charge on any atom is 0.128 e. The van der Waals surface area contributed by atoms with Gasteiger partial charge >= 0.3 is 0 Å². The van der Waals surface area contributed by atoms with E-state index in [9.17, 15) is 9.50 Å². The molecule has 0 aliphatic heterocycles. The zero-order chi connectivity index (χ0) is 13.8. The van der Waals surface area contributed by atoms with E-state index in [-0.39, 0.29) is 5.82 Å². The second-order valence-corrected chi connectivity index (χ2v) is 5.19. The van der Waals surface area contributed by atoms with Crippen LogP contribution in [-0.4, -0.2) is 5.11 Å². The Bertz CT molecular complexity index is 553. The minimum atomic E-state index is -0.694. The predicted molar refractivity (Wildman–Crippen MR) is 75.5 cm³/mol. The third-order valence-corrected chi connectivity index (χ3v) is 3.26. The molecule has 0 aliphatic carbocycles. The number of hydrogen-bond acceptors (Lipinski definition) is 2. The van der Waals surface area contributed by atoms with Crippen LogP contribution < -0.4 is 4.74 Å². The Morgan fingerprint density at radius 2 is 1.89 bits per heavy atom. The van der Waals surface area contributed by atoms with Gasteiger partial charge in [-0.3, -0.25) is 0 Å². The Morgan fingerprint density at radius 1 is 1.21 bits per heavy atom. The van der Waals surface area contributed by atoms with Gasteiger partial charge in [0.05, 0.1) is 6.10 Å². The van der Waals surface area contributed by atoms with Crippen LogP contribution in [0.3, 0.4) is 0 Å². The average molecular weight is 325 g/mol. The highest BCUT2D eigenvalue weighted by Gasteiger charge is 2.10. The van der Waals surface area contributed by atoms with Crippen molar-refractivity contribution >= 4 is 15.9 Å². The molecule has 0 fully saturated rings. The van der Waals surface area contributed by atoms with Gasteiger partial charge in [-0.25, -0.2) is 4.39 Å². The quantitative estimate of drug-likeness (QED) is 0.912. The Labute approximate surface area is 120 Å². The van der Waals surface area contributed by atoms with Gasteiger partial charge in [-0.15, -0.1) is 0 Å². The summed E-state index contributed by atoms with van der Waals surface area (Å²) in [6, 6.07) is 11.8. The molecule has 2 nitrogen and oxygen atoms in total. The molecule has 100 valence electrons. The lowest BCUT2D eigenvalue weighted by molar-refractivity contribution is 0.190. The van der Waals surface area contributed by atoms with Crippen LogP contribution in [0.15, 0.2) is 46.9 Å². The molecule has 0 amide bonds. The van der Waals surface area contributed by atoms with E-state index in [0.717, 1.165) is 10.0 Å². The molecule has 0 bridgehead atoms. The zero-order valence-corrected chi connectivity index (χ0v) is 12.0. The summed E-state index contributed by atoms with van der Waals surface area (Å²) in [5, 5.41) is 9.62. The van der Waals surface area contributed by atoms with E-state index in [1.807, 2.05) is 24.3 Å². The number of aliphatic hydroxyl groups excluding tert-OH is 1. The van der Waals surface area contributed by atoms with E-state index in [4.69, 9.17) is 4.74 Å². The lowest BCUT2D eigenvalue weighted by Gasteiger charge is -2.13. The molecule has 1 N–H and O–H groups in total. The van der Waals surface area contributed by atoms with Crippen molar-refractivity contribution in [2.45, 2.75) is 19.6 Å². The summed E-state index contributed by atoms with van der Waals surface area (Å²) in [5.74, 6) is -0.00637. The zero-order valence-electron chi connectivity index (χ0n) is 10.4. The first-order valence-electron chi connectivity index (χ1n) is 5.91. The van der Waals surface area contributed by atoms with Crippen LogP contribution in [0, 0.1) is 5.82 Å². The third-order valence-electron chi connectivity index (χ3n) is 2.73. The monoisotopic (exact) mass is 324 g/mol. The van der Waals surface area contributed by atoms with E-state index in [0.29, 0.717) is 17.9 Å². The highest BCUT2D eigenvalue weighted by Crippen LogP contribution is 2.26. The van der Waals surface area contributed by atoms with Crippen molar-refractivity contribution in [3.63, 3.8) is 0 Å². The highest BCUT2D eigenvalue weighted by atomic mass is 79.9. The van der Waals surface area contributed by atoms with Crippen molar-refractivity contribution in [2.75, 3.05) is 0 Å². The average Bonchev–Trinajstić information content (AvgIpc) is 2.38. The van der Waals surface area contributed by atoms with Crippen molar-refractivity contribution in [1.82, 2.24) is 0 Å². The molecule has 0 heterocycles. The number of halogens is 2. The Balaban J connectivity index is 2.14. The van der Waals surface area contributed by atoms with Crippen LogP contribution in [0.2, 0.25) is 0 Å².